The summed E-state index contributed by atoms with van der Waals surface area (Å²) in [5.74, 6) is -1.09. The molecule has 1 saturated heterocycles. The van der Waals surface area contributed by atoms with Crippen LogP contribution in [0, 0.1) is 18.6 Å². The fourth-order valence-corrected chi connectivity index (χ4v) is 4.39. The van der Waals surface area contributed by atoms with Crippen LogP contribution in [-0.4, -0.2) is 65.4 Å². The van der Waals surface area contributed by atoms with E-state index in [4.69, 9.17) is 9.72 Å². The van der Waals surface area contributed by atoms with Gasteiger partial charge >= 0.3 is 0 Å². The van der Waals surface area contributed by atoms with E-state index in [1.165, 1.54) is 6.07 Å². The Bertz CT molecular complexity index is 1260. The van der Waals surface area contributed by atoms with Gasteiger partial charge in [-0.15, -0.1) is 0 Å². The number of fused-ring (bicyclic) bond motifs is 1. The fourth-order valence-electron chi connectivity index (χ4n) is 4.39. The van der Waals surface area contributed by atoms with Crippen molar-refractivity contribution in [2.75, 3.05) is 44.7 Å². The zero-order valence-electron chi connectivity index (χ0n) is 19.8. The van der Waals surface area contributed by atoms with Crippen LogP contribution in [0.3, 0.4) is 0 Å². The first-order valence-corrected chi connectivity index (χ1v) is 11.7. The molecule has 2 aliphatic rings. The van der Waals surface area contributed by atoms with Crippen molar-refractivity contribution in [3.8, 4) is 11.6 Å². The Hall–Kier alpha value is -3.59. The molecule has 0 spiro atoms. The van der Waals surface area contributed by atoms with Gasteiger partial charge in [0.1, 0.15) is 5.75 Å². The highest BCUT2D eigenvalue weighted by Crippen LogP contribution is 2.32. The number of likely N-dealkylation sites (N-methyl/N-ethyl adjacent to an activating group) is 1. The number of rotatable bonds is 4. The average molecular weight is 480 g/mol. The van der Waals surface area contributed by atoms with Crippen molar-refractivity contribution in [1.82, 2.24) is 19.8 Å². The van der Waals surface area contributed by atoms with Gasteiger partial charge in [0, 0.05) is 50.8 Å². The maximum Gasteiger partial charge on any atom is 0.254 e. The van der Waals surface area contributed by atoms with Gasteiger partial charge in [-0.2, -0.15) is 4.98 Å². The highest BCUT2D eigenvalue weighted by molar-refractivity contribution is 5.94. The Morgan fingerprint density at radius 2 is 1.77 bits per heavy atom. The number of hydrogen-bond donors (Lipinski definition) is 0. The van der Waals surface area contributed by atoms with Crippen LogP contribution in [0.15, 0.2) is 42.5 Å². The van der Waals surface area contributed by atoms with E-state index in [-0.39, 0.29) is 24.1 Å². The van der Waals surface area contributed by atoms with E-state index < -0.39 is 11.6 Å². The lowest BCUT2D eigenvalue weighted by atomic mass is 10.0. The average Bonchev–Trinajstić information content (AvgIpc) is 2.86. The monoisotopic (exact) mass is 479 g/mol. The zero-order valence-corrected chi connectivity index (χ0v) is 19.8. The lowest BCUT2D eigenvalue weighted by Crippen LogP contribution is -2.45. The summed E-state index contributed by atoms with van der Waals surface area (Å²) in [6.07, 6.45) is 0.546. The molecule has 7 nitrogen and oxygen atoms in total. The van der Waals surface area contributed by atoms with Crippen LogP contribution < -0.4 is 9.64 Å². The number of amides is 1. The molecule has 3 heterocycles. The summed E-state index contributed by atoms with van der Waals surface area (Å²) in [5, 5.41) is 0. The number of carbonyl (C=O) groups excluding carboxylic acids is 1. The molecule has 182 valence electrons. The molecule has 1 aromatic heterocycles. The predicted octanol–water partition coefficient (Wildman–Crippen LogP) is 3.81. The fraction of sp³-hybridized carbons (Fsp3) is 0.346. The first kappa shape index (κ1) is 23.2. The third kappa shape index (κ3) is 4.95. The van der Waals surface area contributed by atoms with E-state index in [9.17, 15) is 13.6 Å². The topological polar surface area (TPSA) is 61.8 Å². The Labute approximate surface area is 203 Å². The van der Waals surface area contributed by atoms with Crippen LogP contribution in [0.4, 0.5) is 14.7 Å². The van der Waals surface area contributed by atoms with Crippen LogP contribution in [0.2, 0.25) is 0 Å². The van der Waals surface area contributed by atoms with Crippen LogP contribution in [-0.2, 0) is 13.0 Å². The number of carbonyl (C=O) groups is 1. The molecule has 0 radical (unpaired) electrons. The van der Waals surface area contributed by atoms with E-state index in [1.54, 1.807) is 11.0 Å². The van der Waals surface area contributed by atoms with Crippen molar-refractivity contribution < 1.29 is 18.3 Å². The quantitative estimate of drug-likeness (QED) is 0.567. The molecular formula is C26H27F2N5O2. The van der Waals surface area contributed by atoms with Gasteiger partial charge in [-0.05, 0) is 38.2 Å². The minimum atomic E-state index is -0.999. The van der Waals surface area contributed by atoms with E-state index in [1.807, 2.05) is 25.1 Å². The van der Waals surface area contributed by atoms with Crippen LogP contribution >= 0.6 is 0 Å². The zero-order chi connectivity index (χ0) is 24.5. The summed E-state index contributed by atoms with van der Waals surface area (Å²) in [4.78, 5) is 28.8. The van der Waals surface area contributed by atoms with Crippen molar-refractivity contribution >= 4 is 11.9 Å². The number of aryl methyl sites for hydroxylation is 1. The Morgan fingerprint density at radius 1 is 0.971 bits per heavy atom. The molecule has 1 amide bonds. The SMILES string of the molecule is Cc1cccc(C(=O)N2CCc3nc(N4CCN(C)CC4)nc(Oc4ccc(F)c(F)c4)c3C2)c1. The van der Waals surface area contributed by atoms with E-state index in [2.05, 4.69) is 21.8 Å². The summed E-state index contributed by atoms with van der Waals surface area (Å²) < 4.78 is 33.3. The minimum Gasteiger partial charge on any atom is -0.438 e. The molecular weight excluding hydrogens is 452 g/mol. The molecule has 2 aromatic carbocycles. The van der Waals surface area contributed by atoms with Gasteiger partial charge in [0.2, 0.25) is 11.8 Å². The second-order valence-corrected chi connectivity index (χ2v) is 9.07. The van der Waals surface area contributed by atoms with Gasteiger partial charge in [-0.25, -0.2) is 13.8 Å². The highest BCUT2D eigenvalue weighted by Gasteiger charge is 2.29. The Balaban J connectivity index is 1.48. The molecule has 2 aliphatic heterocycles. The molecule has 0 unspecified atom stereocenters. The first-order valence-electron chi connectivity index (χ1n) is 11.7. The summed E-state index contributed by atoms with van der Waals surface area (Å²) in [6, 6.07) is 10.9. The number of benzene rings is 2. The molecule has 0 atom stereocenters. The summed E-state index contributed by atoms with van der Waals surface area (Å²) in [7, 11) is 2.07. The van der Waals surface area contributed by atoms with Gasteiger partial charge < -0.3 is 19.4 Å². The molecule has 3 aromatic rings. The molecule has 0 bridgehead atoms. The number of nitrogens with zero attached hydrogens (tertiary/aromatic N) is 5. The number of aromatic nitrogens is 2. The van der Waals surface area contributed by atoms with Gasteiger partial charge in [0.25, 0.3) is 5.91 Å². The van der Waals surface area contributed by atoms with Crippen molar-refractivity contribution in [3.63, 3.8) is 0 Å². The maximum absolute atomic E-state index is 13.9. The van der Waals surface area contributed by atoms with Crippen molar-refractivity contribution in [2.24, 2.45) is 0 Å². The van der Waals surface area contributed by atoms with Gasteiger partial charge in [0.05, 0.1) is 17.8 Å². The lowest BCUT2D eigenvalue weighted by molar-refractivity contribution is 0.0732. The summed E-state index contributed by atoms with van der Waals surface area (Å²) in [6.45, 7) is 6.06. The predicted molar refractivity (Wildman–Crippen MR) is 128 cm³/mol. The van der Waals surface area contributed by atoms with E-state index in [0.29, 0.717) is 30.0 Å². The number of hydrogen-bond acceptors (Lipinski definition) is 6. The van der Waals surface area contributed by atoms with Crippen LogP contribution in [0.5, 0.6) is 11.6 Å². The van der Waals surface area contributed by atoms with Gasteiger partial charge in [0.15, 0.2) is 11.6 Å². The normalized spacial score (nSPS) is 16.2. The summed E-state index contributed by atoms with van der Waals surface area (Å²) in [5.41, 5.74) is 3.11. The Kier molecular flexibility index (Phi) is 6.34. The molecule has 0 aliphatic carbocycles. The standard InChI is InChI=1S/C26H27F2N5O2/c1-17-4-3-5-18(14-17)25(34)33-9-8-23-20(16-33)24(35-19-6-7-21(27)22(28)15-19)30-26(29-23)32-12-10-31(2)11-13-32/h3-7,14-15H,8-13,16H2,1-2H3. The lowest BCUT2D eigenvalue weighted by Gasteiger charge is -2.34. The highest BCUT2D eigenvalue weighted by atomic mass is 19.2. The molecule has 1 fully saturated rings. The number of halogens is 2. The van der Waals surface area contributed by atoms with E-state index >= 15 is 0 Å². The molecule has 9 heteroatoms. The Morgan fingerprint density at radius 3 is 2.51 bits per heavy atom. The first-order chi connectivity index (χ1) is 16.9. The van der Waals surface area contributed by atoms with Gasteiger partial charge in [-0.3, -0.25) is 4.79 Å². The minimum absolute atomic E-state index is 0.0822. The number of anilines is 1. The van der Waals surface area contributed by atoms with Crippen LogP contribution in [0.1, 0.15) is 27.2 Å². The smallest absolute Gasteiger partial charge is 0.254 e. The third-order valence-electron chi connectivity index (χ3n) is 6.45. The van der Waals surface area contributed by atoms with Crippen molar-refractivity contribution in [2.45, 2.75) is 19.9 Å². The largest absolute Gasteiger partial charge is 0.438 e. The second-order valence-electron chi connectivity index (χ2n) is 9.07. The van der Waals surface area contributed by atoms with Crippen molar-refractivity contribution in [3.05, 3.63) is 76.5 Å². The molecule has 5 rings (SSSR count). The molecule has 35 heavy (non-hydrogen) atoms. The second kappa shape index (κ2) is 9.58. The van der Waals surface area contributed by atoms with Crippen LogP contribution in [0.25, 0.3) is 0 Å². The number of ether oxygens (including phenoxy) is 1. The third-order valence-corrected chi connectivity index (χ3v) is 6.45. The van der Waals surface area contributed by atoms with Gasteiger partial charge in [-0.1, -0.05) is 17.7 Å². The van der Waals surface area contributed by atoms with E-state index in [0.717, 1.165) is 49.6 Å². The maximum atomic E-state index is 13.9. The van der Waals surface area contributed by atoms with Crippen molar-refractivity contribution in [1.29, 1.82) is 0 Å². The number of piperazine rings is 1. The molecule has 0 N–H and O–H groups in total. The summed E-state index contributed by atoms with van der Waals surface area (Å²) >= 11 is 0. The molecule has 0 saturated carbocycles.